The number of piperidine rings is 2. The van der Waals surface area contributed by atoms with Crippen LogP contribution in [-0.4, -0.2) is 84.8 Å². The second kappa shape index (κ2) is 21.2. The summed E-state index contributed by atoms with van der Waals surface area (Å²) in [6.45, 7) is 2.42. The van der Waals surface area contributed by atoms with E-state index in [2.05, 4.69) is 0 Å². The quantitative estimate of drug-likeness (QED) is 0.117. The molecule has 3 N–H and O–H groups in total. The van der Waals surface area contributed by atoms with Crippen molar-refractivity contribution in [3.8, 4) is 0 Å². The van der Waals surface area contributed by atoms with Crippen molar-refractivity contribution in [3.05, 3.63) is 131 Å². The van der Waals surface area contributed by atoms with Gasteiger partial charge in [0.15, 0.2) is 11.6 Å². The zero-order valence-corrected chi connectivity index (χ0v) is 32.9. The van der Waals surface area contributed by atoms with Crippen LogP contribution in [0.3, 0.4) is 0 Å². The number of halogens is 5. The van der Waals surface area contributed by atoms with E-state index in [1.165, 1.54) is 53.4 Å². The molecule has 0 atom stereocenters. The van der Waals surface area contributed by atoms with Gasteiger partial charge in [0.2, 0.25) is 0 Å². The summed E-state index contributed by atoms with van der Waals surface area (Å²) in [5.74, 6) is -3.75. The van der Waals surface area contributed by atoms with Gasteiger partial charge in [-0.1, -0.05) is 48.5 Å². The molecule has 0 aromatic heterocycles. The van der Waals surface area contributed by atoms with Crippen LogP contribution in [0.4, 0.5) is 42.9 Å². The summed E-state index contributed by atoms with van der Waals surface area (Å²) >= 11 is 0. The molecule has 60 heavy (non-hydrogen) atoms. The third kappa shape index (κ3) is 12.7. The summed E-state index contributed by atoms with van der Waals surface area (Å²) in [5.41, 5.74) is 8.79. The highest BCUT2D eigenvalue weighted by Crippen LogP contribution is 2.24. The molecule has 16 heteroatoms. The summed E-state index contributed by atoms with van der Waals surface area (Å²) < 4.78 is 63.5. The normalized spacial score (nSPS) is 14.0. The molecule has 2 saturated heterocycles. The number of Topliss-reactive ketones (excluding diaryl/α,β-unsaturated/α-hetero) is 2. The third-order valence-electron chi connectivity index (χ3n) is 10.1. The predicted molar refractivity (Wildman–Crippen MR) is 216 cm³/mol. The van der Waals surface area contributed by atoms with Gasteiger partial charge in [0.1, 0.15) is 11.6 Å². The van der Waals surface area contributed by atoms with E-state index >= 15 is 0 Å². The van der Waals surface area contributed by atoms with Crippen LogP contribution in [0.2, 0.25) is 0 Å². The maximum Gasteiger partial charge on any atom is 0.471 e. The number of alkyl halides is 3. The summed E-state index contributed by atoms with van der Waals surface area (Å²) in [5, 5.41) is 1.54. The van der Waals surface area contributed by atoms with Crippen molar-refractivity contribution in [2.24, 2.45) is 5.73 Å². The van der Waals surface area contributed by atoms with Crippen molar-refractivity contribution >= 4 is 40.9 Å². The van der Waals surface area contributed by atoms with Crippen molar-refractivity contribution in [3.63, 3.8) is 0 Å². The van der Waals surface area contributed by atoms with Crippen LogP contribution in [0, 0.1) is 11.6 Å². The molecule has 0 bridgehead atoms. The first-order chi connectivity index (χ1) is 28.7. The number of nitrogens with zero attached hydrogens (tertiary/aromatic N) is 4. The summed E-state index contributed by atoms with van der Waals surface area (Å²) in [4.78, 5) is 67.7. The number of benzene rings is 4. The Hall–Kier alpha value is -6.16. The highest BCUT2D eigenvalue weighted by molar-refractivity contribution is 6.00. The lowest BCUT2D eigenvalue weighted by Gasteiger charge is -2.33. The van der Waals surface area contributed by atoms with Gasteiger partial charge in [-0.15, -0.1) is 0 Å². The smallest absolute Gasteiger partial charge is 0.341 e. The average Bonchev–Trinajstić information content (AvgIpc) is 3.27. The Morgan fingerprint density at radius 2 is 0.917 bits per heavy atom. The van der Waals surface area contributed by atoms with E-state index in [0.29, 0.717) is 42.1 Å². The van der Waals surface area contributed by atoms with Gasteiger partial charge in [-0.2, -0.15) is 13.2 Å². The first kappa shape index (κ1) is 44.9. The molecule has 0 unspecified atom stereocenters. The van der Waals surface area contributed by atoms with Gasteiger partial charge in [0, 0.05) is 48.7 Å². The lowest BCUT2D eigenvalue weighted by Crippen LogP contribution is -2.45. The molecule has 0 radical (unpaired) electrons. The molecule has 0 spiro atoms. The van der Waals surface area contributed by atoms with Gasteiger partial charge < -0.3 is 20.9 Å². The van der Waals surface area contributed by atoms with Gasteiger partial charge in [-0.25, -0.2) is 18.4 Å². The highest BCUT2D eigenvalue weighted by Gasteiger charge is 2.38. The summed E-state index contributed by atoms with van der Waals surface area (Å²) in [6, 6.07) is 24.3. The molecule has 2 heterocycles. The second-order valence-electron chi connectivity index (χ2n) is 14.4. The first-order valence-electron chi connectivity index (χ1n) is 19.7. The molecule has 6 rings (SSSR count). The average molecular weight is 835 g/mol. The van der Waals surface area contributed by atoms with Crippen molar-refractivity contribution < 1.29 is 45.9 Å². The Morgan fingerprint density at radius 1 is 0.550 bits per heavy atom. The Morgan fingerprint density at radius 3 is 1.27 bits per heavy atom. The van der Waals surface area contributed by atoms with E-state index in [0.717, 1.165) is 57.2 Å². The number of amides is 5. The molecule has 4 aromatic rings. The molecular formula is C44H47F5N6O5. The number of carbonyl (C=O) groups is 5. The number of nitrogens with two attached hydrogens (primary N) is 1. The molecular weight excluding hydrogens is 788 g/mol. The first-order valence-corrected chi connectivity index (χ1v) is 19.7. The fourth-order valence-corrected chi connectivity index (χ4v) is 6.73. The number of urea groups is 2. The SMILES string of the molecule is NCC(=O)c1ccc(CN(C(=O)N2CCCCC2)c2ccc(F)cc2)cc1.O=C(CNC(=O)C(F)(F)F)c1ccc(CN(C(=O)N2CCCCC2)c2ccc(F)cc2)cc1. The molecule has 0 saturated carbocycles. The van der Waals surface area contributed by atoms with Crippen LogP contribution >= 0.6 is 0 Å². The second-order valence-corrected chi connectivity index (χ2v) is 14.4. The molecule has 2 aliphatic rings. The number of rotatable bonds is 11. The van der Waals surface area contributed by atoms with Gasteiger partial charge in [-0.3, -0.25) is 24.2 Å². The van der Waals surface area contributed by atoms with Crippen LogP contribution in [0.1, 0.15) is 70.4 Å². The topological polar surface area (TPSA) is 136 Å². The minimum absolute atomic E-state index is 0.0332. The number of hydrogen-bond acceptors (Lipinski definition) is 6. The lowest BCUT2D eigenvalue weighted by atomic mass is 10.1. The van der Waals surface area contributed by atoms with E-state index < -0.39 is 30.2 Å². The Bertz CT molecular complexity index is 2070. The van der Waals surface area contributed by atoms with Gasteiger partial charge in [0.25, 0.3) is 0 Å². The van der Waals surface area contributed by atoms with Crippen LogP contribution in [-0.2, 0) is 17.9 Å². The summed E-state index contributed by atoms with van der Waals surface area (Å²) in [6.07, 6.45) is 0.943. The fraction of sp³-hybridized carbons (Fsp3) is 0.341. The van der Waals surface area contributed by atoms with Gasteiger partial charge in [0.05, 0.1) is 26.2 Å². The highest BCUT2D eigenvalue weighted by atomic mass is 19.4. The van der Waals surface area contributed by atoms with Gasteiger partial charge >= 0.3 is 24.1 Å². The maximum atomic E-state index is 13.4. The Balaban J connectivity index is 0.000000232. The van der Waals surface area contributed by atoms with E-state index in [9.17, 15) is 45.9 Å². The van der Waals surface area contributed by atoms with Crippen molar-refractivity contribution in [1.29, 1.82) is 0 Å². The number of nitrogens with one attached hydrogen (secondary N) is 1. The molecule has 11 nitrogen and oxygen atoms in total. The monoisotopic (exact) mass is 834 g/mol. The van der Waals surface area contributed by atoms with Gasteiger partial charge in [-0.05, 0) is 98.2 Å². The molecule has 5 amide bonds. The van der Waals surface area contributed by atoms with E-state index in [1.807, 2.05) is 17.0 Å². The Kier molecular flexibility index (Phi) is 15.9. The van der Waals surface area contributed by atoms with Crippen LogP contribution in [0.25, 0.3) is 0 Å². The number of carbonyl (C=O) groups excluding carboxylic acids is 5. The molecule has 0 aliphatic carbocycles. The third-order valence-corrected chi connectivity index (χ3v) is 10.1. The van der Waals surface area contributed by atoms with Crippen molar-refractivity contribution in [2.45, 2.75) is 57.8 Å². The van der Waals surface area contributed by atoms with E-state index in [4.69, 9.17) is 5.73 Å². The van der Waals surface area contributed by atoms with Crippen LogP contribution in [0.5, 0.6) is 0 Å². The minimum atomic E-state index is -5.06. The van der Waals surface area contributed by atoms with E-state index in [-0.39, 0.29) is 42.3 Å². The number of likely N-dealkylation sites (tertiary alicyclic amines) is 2. The fourth-order valence-electron chi connectivity index (χ4n) is 6.73. The molecule has 2 aliphatic heterocycles. The van der Waals surface area contributed by atoms with E-state index in [1.54, 1.807) is 51.5 Å². The lowest BCUT2D eigenvalue weighted by molar-refractivity contribution is -0.173. The number of hydrogen-bond donors (Lipinski definition) is 2. The summed E-state index contributed by atoms with van der Waals surface area (Å²) in [7, 11) is 0. The zero-order chi connectivity index (χ0) is 43.2. The standard InChI is InChI=1S/C23H23F4N3O3.C21H24FN3O2/c24-18-8-10-19(11-9-18)30(22(33)29-12-2-1-3-13-29)15-16-4-6-17(7-5-16)20(31)14-28-21(32)23(25,26)27;22-18-8-10-19(11-9-18)25(21(27)24-12-2-1-3-13-24)15-16-4-6-17(7-5-16)20(26)14-23/h4-11H,1-3,12-15H2,(H,28,32);4-11H,1-3,12-15,23H2. The largest absolute Gasteiger partial charge is 0.471 e. The minimum Gasteiger partial charge on any atom is -0.341 e. The van der Waals surface area contributed by atoms with Crippen LogP contribution in [0.15, 0.2) is 97.1 Å². The molecule has 318 valence electrons. The number of ketones is 2. The van der Waals surface area contributed by atoms with Crippen molar-refractivity contribution in [1.82, 2.24) is 15.1 Å². The number of anilines is 2. The zero-order valence-electron chi connectivity index (χ0n) is 32.9. The van der Waals surface area contributed by atoms with Crippen LogP contribution < -0.4 is 20.9 Å². The molecule has 4 aromatic carbocycles. The Labute approximate surface area is 344 Å². The predicted octanol–water partition coefficient (Wildman–Crippen LogP) is 7.88. The van der Waals surface area contributed by atoms with Crippen molar-refractivity contribution in [2.75, 3.05) is 49.1 Å². The maximum absolute atomic E-state index is 13.4. The molecule has 2 fully saturated rings.